The number of alkyl halides is 3. The van der Waals surface area contributed by atoms with Crippen LogP contribution in [0, 0.1) is 12.7 Å². The van der Waals surface area contributed by atoms with Crippen LogP contribution < -0.4 is 4.74 Å². The summed E-state index contributed by atoms with van der Waals surface area (Å²) in [4.78, 5) is 20.3. The number of pyridine rings is 2. The van der Waals surface area contributed by atoms with E-state index in [0.29, 0.717) is 16.8 Å². The number of rotatable bonds is 6. The normalized spacial score (nSPS) is 11.7. The van der Waals surface area contributed by atoms with Crippen LogP contribution in [0.4, 0.5) is 17.6 Å². The minimum Gasteiger partial charge on any atom is -0.486 e. The molecule has 3 aromatic heterocycles. The van der Waals surface area contributed by atoms with Crippen LogP contribution in [0.2, 0.25) is 5.02 Å². The molecular formula is C22H15ClF4N4O2. The average Bonchev–Trinajstić information content (AvgIpc) is 3.13. The summed E-state index contributed by atoms with van der Waals surface area (Å²) in [5.74, 6) is -1.80. The number of fused-ring (bicyclic) bond motifs is 1. The van der Waals surface area contributed by atoms with Crippen molar-refractivity contribution in [1.29, 1.82) is 0 Å². The van der Waals surface area contributed by atoms with Crippen LogP contribution in [0.5, 0.6) is 5.75 Å². The number of ketones is 1. The van der Waals surface area contributed by atoms with Crippen molar-refractivity contribution in [1.82, 2.24) is 20.2 Å². The molecule has 0 bridgehead atoms. The van der Waals surface area contributed by atoms with E-state index in [1.165, 1.54) is 24.4 Å². The highest BCUT2D eigenvalue weighted by atomic mass is 35.5. The molecule has 0 fully saturated rings. The number of aryl methyl sites for hydroxylation is 1. The van der Waals surface area contributed by atoms with E-state index in [2.05, 4.69) is 20.2 Å². The molecule has 170 valence electrons. The first-order valence-corrected chi connectivity index (χ1v) is 9.97. The molecule has 0 aliphatic rings. The lowest BCUT2D eigenvalue weighted by molar-refractivity contribution is -0.141. The third-order valence-electron chi connectivity index (χ3n) is 4.87. The number of carbonyl (C=O) groups excluding carboxylic acids is 1. The molecule has 3 heterocycles. The second-order valence-corrected chi connectivity index (χ2v) is 7.64. The van der Waals surface area contributed by atoms with Gasteiger partial charge in [0.25, 0.3) is 0 Å². The minimum absolute atomic E-state index is 0.0884. The maximum atomic E-state index is 15.1. The lowest BCUT2D eigenvalue weighted by atomic mass is 10.0. The highest BCUT2D eigenvalue weighted by Gasteiger charge is 2.32. The molecule has 0 amide bonds. The summed E-state index contributed by atoms with van der Waals surface area (Å²) in [7, 11) is 0. The molecule has 0 saturated heterocycles. The summed E-state index contributed by atoms with van der Waals surface area (Å²) in [6, 6.07) is 6.28. The molecule has 4 rings (SSSR count). The molecular weight excluding hydrogens is 464 g/mol. The molecule has 0 aliphatic heterocycles. The number of aromatic amines is 1. The van der Waals surface area contributed by atoms with Crippen molar-refractivity contribution in [3.8, 4) is 5.75 Å². The van der Waals surface area contributed by atoms with Gasteiger partial charge in [0.2, 0.25) is 0 Å². The smallest absolute Gasteiger partial charge is 0.433 e. The highest BCUT2D eigenvalue weighted by molar-refractivity contribution is 6.34. The zero-order chi connectivity index (χ0) is 23.8. The highest BCUT2D eigenvalue weighted by Crippen LogP contribution is 2.30. The van der Waals surface area contributed by atoms with Gasteiger partial charge in [-0.15, -0.1) is 0 Å². The second kappa shape index (κ2) is 8.78. The van der Waals surface area contributed by atoms with Crippen LogP contribution in [0.25, 0.3) is 11.0 Å². The van der Waals surface area contributed by atoms with Crippen molar-refractivity contribution < 1.29 is 27.1 Å². The predicted octanol–water partition coefficient (Wildman–Crippen LogP) is 5.48. The molecule has 0 unspecified atom stereocenters. The van der Waals surface area contributed by atoms with E-state index < -0.39 is 23.5 Å². The van der Waals surface area contributed by atoms with E-state index in [0.717, 1.165) is 23.3 Å². The monoisotopic (exact) mass is 478 g/mol. The SMILES string of the molecule is Cc1[nH]nc2ncc(CC(=O)c3c(Cl)ccc(OCc4ccc(C(F)(F)F)nc4)c3F)cc12. The van der Waals surface area contributed by atoms with Gasteiger partial charge in [-0.1, -0.05) is 17.7 Å². The molecule has 0 spiro atoms. The van der Waals surface area contributed by atoms with E-state index >= 15 is 4.39 Å². The van der Waals surface area contributed by atoms with Crippen LogP contribution in [0.1, 0.15) is 32.9 Å². The number of H-pyrrole nitrogens is 1. The van der Waals surface area contributed by atoms with Gasteiger partial charge in [-0.05, 0) is 36.8 Å². The summed E-state index contributed by atoms with van der Waals surface area (Å²) in [6.07, 6.45) is -2.25. The third-order valence-corrected chi connectivity index (χ3v) is 5.18. The molecule has 1 aromatic carbocycles. The standard InChI is InChI=1S/C22H15ClF4N4O2/c1-11-14-6-13(9-29-21(14)31-30-11)7-16(32)19-15(23)3-4-17(20(19)24)33-10-12-2-5-18(28-8-12)22(25,26)27/h2-6,8-9H,7,10H2,1H3,(H,29,30,31). The number of carbonyl (C=O) groups is 1. The number of halogens is 5. The summed E-state index contributed by atoms with van der Waals surface area (Å²) in [5.41, 5.74) is 0.735. The number of benzene rings is 1. The topological polar surface area (TPSA) is 80.8 Å². The Morgan fingerprint density at radius 3 is 2.58 bits per heavy atom. The van der Waals surface area contributed by atoms with Gasteiger partial charge < -0.3 is 4.74 Å². The molecule has 1 N–H and O–H groups in total. The molecule has 11 heteroatoms. The molecule has 0 atom stereocenters. The van der Waals surface area contributed by atoms with Gasteiger partial charge in [0, 0.05) is 35.5 Å². The van der Waals surface area contributed by atoms with E-state index in [1.807, 2.05) is 6.92 Å². The molecule has 33 heavy (non-hydrogen) atoms. The van der Waals surface area contributed by atoms with Gasteiger partial charge >= 0.3 is 6.18 Å². The van der Waals surface area contributed by atoms with Crippen LogP contribution in [0.15, 0.2) is 42.7 Å². The van der Waals surface area contributed by atoms with Crippen molar-refractivity contribution in [3.63, 3.8) is 0 Å². The maximum Gasteiger partial charge on any atom is 0.433 e. The van der Waals surface area contributed by atoms with E-state index in [9.17, 15) is 18.0 Å². The average molecular weight is 479 g/mol. The largest absolute Gasteiger partial charge is 0.486 e. The summed E-state index contributed by atoms with van der Waals surface area (Å²) in [6.45, 7) is 1.56. The fourth-order valence-corrected chi connectivity index (χ4v) is 3.42. The quantitative estimate of drug-likeness (QED) is 0.293. The summed E-state index contributed by atoms with van der Waals surface area (Å²) >= 11 is 6.08. The molecule has 0 radical (unpaired) electrons. The van der Waals surface area contributed by atoms with Crippen molar-refractivity contribution in [3.05, 3.63) is 81.6 Å². The van der Waals surface area contributed by atoms with Crippen molar-refractivity contribution in [2.24, 2.45) is 0 Å². The van der Waals surface area contributed by atoms with Crippen LogP contribution in [-0.2, 0) is 19.2 Å². The Labute approximate surface area is 189 Å². The van der Waals surface area contributed by atoms with Gasteiger partial charge in [0.15, 0.2) is 23.0 Å². The summed E-state index contributed by atoms with van der Waals surface area (Å²) < 4.78 is 58.3. The summed E-state index contributed by atoms with van der Waals surface area (Å²) in [5, 5.41) is 7.47. The molecule has 6 nitrogen and oxygen atoms in total. The first kappa shape index (κ1) is 22.7. The van der Waals surface area contributed by atoms with Gasteiger partial charge in [0.1, 0.15) is 12.3 Å². The lowest BCUT2D eigenvalue weighted by Gasteiger charge is -2.12. The van der Waals surface area contributed by atoms with Gasteiger partial charge in [0.05, 0.1) is 10.6 Å². The molecule has 4 aromatic rings. The Morgan fingerprint density at radius 2 is 1.88 bits per heavy atom. The van der Waals surface area contributed by atoms with Gasteiger partial charge in [-0.3, -0.25) is 14.9 Å². The number of aromatic nitrogens is 4. The lowest BCUT2D eigenvalue weighted by Crippen LogP contribution is -2.10. The Bertz CT molecular complexity index is 1340. The molecule has 0 saturated carbocycles. The first-order chi connectivity index (χ1) is 15.6. The minimum atomic E-state index is -4.56. The van der Waals surface area contributed by atoms with Gasteiger partial charge in [-0.25, -0.2) is 9.37 Å². The Hall–Kier alpha value is -3.53. The van der Waals surface area contributed by atoms with Crippen molar-refractivity contribution in [2.45, 2.75) is 26.1 Å². The Morgan fingerprint density at radius 1 is 1.12 bits per heavy atom. The fourth-order valence-electron chi connectivity index (χ4n) is 3.17. The van der Waals surface area contributed by atoms with Crippen LogP contribution >= 0.6 is 11.6 Å². The van der Waals surface area contributed by atoms with Gasteiger partial charge in [-0.2, -0.15) is 18.3 Å². The maximum absolute atomic E-state index is 15.1. The zero-order valence-electron chi connectivity index (χ0n) is 17.0. The second-order valence-electron chi connectivity index (χ2n) is 7.24. The molecule has 0 aliphatic carbocycles. The first-order valence-electron chi connectivity index (χ1n) is 9.59. The van der Waals surface area contributed by atoms with E-state index in [1.54, 1.807) is 6.07 Å². The van der Waals surface area contributed by atoms with Crippen LogP contribution in [0.3, 0.4) is 0 Å². The number of nitrogens with zero attached hydrogens (tertiary/aromatic N) is 3. The predicted molar refractivity (Wildman–Crippen MR) is 112 cm³/mol. The zero-order valence-corrected chi connectivity index (χ0v) is 17.8. The third kappa shape index (κ3) is 4.80. The van der Waals surface area contributed by atoms with E-state index in [4.69, 9.17) is 16.3 Å². The Kier molecular flexibility index (Phi) is 6.03. The fraction of sp³-hybridized carbons (Fsp3) is 0.182. The number of Topliss-reactive ketones (excluding diaryl/α,β-unsaturated/α-hetero) is 1. The van der Waals surface area contributed by atoms with E-state index in [-0.39, 0.29) is 29.4 Å². The Balaban J connectivity index is 1.52. The number of nitrogens with one attached hydrogen (secondary N) is 1. The number of ether oxygens (including phenoxy) is 1. The van der Waals surface area contributed by atoms with Crippen LogP contribution in [-0.4, -0.2) is 25.9 Å². The number of hydrogen-bond donors (Lipinski definition) is 1. The van der Waals surface area contributed by atoms with Crippen molar-refractivity contribution in [2.75, 3.05) is 0 Å². The van der Waals surface area contributed by atoms with Crippen molar-refractivity contribution >= 4 is 28.4 Å². The number of hydrogen-bond acceptors (Lipinski definition) is 5.